The number of benzene rings is 1. The summed E-state index contributed by atoms with van der Waals surface area (Å²) in [7, 11) is -4.23. The van der Waals surface area contributed by atoms with Crippen molar-refractivity contribution in [1.29, 1.82) is 0 Å². The largest absolute Gasteiger partial charge is 0.462 e. The van der Waals surface area contributed by atoms with Gasteiger partial charge in [0.15, 0.2) is 0 Å². The molecule has 0 atom stereocenters. The second kappa shape index (κ2) is 6.07. The summed E-state index contributed by atoms with van der Waals surface area (Å²) in [5.41, 5.74) is -0.156. The zero-order valence-corrected chi connectivity index (χ0v) is 12.2. The van der Waals surface area contributed by atoms with Gasteiger partial charge in [0.2, 0.25) is 0 Å². The van der Waals surface area contributed by atoms with E-state index >= 15 is 0 Å². The summed E-state index contributed by atoms with van der Waals surface area (Å²) in [4.78, 5) is 21.3. The van der Waals surface area contributed by atoms with Crippen molar-refractivity contribution < 1.29 is 22.7 Å². The van der Waals surface area contributed by atoms with Crippen LogP contribution in [0.2, 0.25) is 0 Å². The highest BCUT2D eigenvalue weighted by molar-refractivity contribution is 14.1. The van der Waals surface area contributed by atoms with E-state index < -0.39 is 16.0 Å². The molecular weight excluding hydrogens is 373 g/mol. The molecule has 0 aliphatic rings. The topological polar surface area (TPSA) is 89.9 Å². The fourth-order valence-electron chi connectivity index (χ4n) is 1.19. The lowest BCUT2D eigenvalue weighted by atomic mass is 10.2. The average molecular weight is 381 g/mol. The van der Waals surface area contributed by atoms with Gasteiger partial charge in [-0.25, -0.2) is 9.59 Å². The summed E-state index contributed by atoms with van der Waals surface area (Å²) >= 11 is 1.88. The van der Waals surface area contributed by atoms with Gasteiger partial charge in [0.25, 0.3) is 16.1 Å². The molecule has 96 valence electrons. The van der Waals surface area contributed by atoms with Gasteiger partial charge in [0, 0.05) is 3.57 Å². The molecule has 1 aromatic rings. The van der Waals surface area contributed by atoms with E-state index in [-0.39, 0.29) is 17.1 Å². The predicted octanol–water partition coefficient (Wildman–Crippen LogP) is 1.49. The summed E-state index contributed by atoms with van der Waals surface area (Å²) in [6.45, 7) is 1.71. The molecule has 0 saturated carbocycles. The SMILES string of the molecule is CCOC(=O)c1ccc(I)cc1S(=O)(=O)N=C=O. The molecule has 1 rings (SSSR count). The second-order valence-corrected chi connectivity index (χ2v) is 5.84. The van der Waals surface area contributed by atoms with E-state index in [1.807, 2.05) is 22.6 Å². The first-order valence-electron chi connectivity index (χ1n) is 4.73. The molecule has 1 aromatic carbocycles. The van der Waals surface area contributed by atoms with Crippen LogP contribution in [0.5, 0.6) is 0 Å². The molecule has 0 N–H and O–H groups in total. The molecular formula is C10H8INO5S. The van der Waals surface area contributed by atoms with E-state index in [1.165, 1.54) is 12.1 Å². The molecule has 0 spiro atoms. The van der Waals surface area contributed by atoms with Gasteiger partial charge in [-0.3, -0.25) is 0 Å². The second-order valence-electron chi connectivity index (χ2n) is 3.02. The predicted molar refractivity (Wildman–Crippen MR) is 70.4 cm³/mol. The first kappa shape index (κ1) is 14.8. The van der Waals surface area contributed by atoms with Crippen LogP contribution in [0.3, 0.4) is 0 Å². The molecule has 0 aliphatic heterocycles. The maximum Gasteiger partial charge on any atom is 0.339 e. The van der Waals surface area contributed by atoms with E-state index in [4.69, 9.17) is 4.74 Å². The van der Waals surface area contributed by atoms with Crippen LogP contribution in [0.25, 0.3) is 0 Å². The molecule has 0 amide bonds. The number of rotatable bonds is 4. The van der Waals surface area contributed by atoms with Gasteiger partial charge in [-0.15, -0.1) is 0 Å². The minimum atomic E-state index is -4.23. The van der Waals surface area contributed by atoms with E-state index in [2.05, 4.69) is 4.40 Å². The smallest absolute Gasteiger partial charge is 0.339 e. The van der Waals surface area contributed by atoms with Crippen LogP contribution in [0.15, 0.2) is 27.5 Å². The monoisotopic (exact) mass is 381 g/mol. The summed E-state index contributed by atoms with van der Waals surface area (Å²) in [6, 6.07) is 4.10. The third-order valence-corrected chi connectivity index (χ3v) is 3.75. The van der Waals surface area contributed by atoms with Gasteiger partial charge in [-0.05, 0) is 47.7 Å². The molecule has 0 aromatic heterocycles. The number of hydrogen-bond acceptors (Lipinski definition) is 5. The Morgan fingerprint density at radius 2 is 2.17 bits per heavy atom. The van der Waals surface area contributed by atoms with Crippen molar-refractivity contribution in [2.45, 2.75) is 11.8 Å². The summed E-state index contributed by atoms with van der Waals surface area (Å²) in [5, 5.41) is 0. The molecule has 8 heteroatoms. The number of hydrogen-bond donors (Lipinski definition) is 0. The van der Waals surface area contributed by atoms with E-state index in [0.29, 0.717) is 3.57 Å². The van der Waals surface area contributed by atoms with E-state index in [0.717, 1.165) is 6.08 Å². The zero-order valence-electron chi connectivity index (χ0n) is 9.21. The maximum absolute atomic E-state index is 11.7. The van der Waals surface area contributed by atoms with Crippen LogP contribution in [-0.4, -0.2) is 27.1 Å². The highest BCUT2D eigenvalue weighted by Gasteiger charge is 2.23. The lowest BCUT2D eigenvalue weighted by Gasteiger charge is -2.06. The van der Waals surface area contributed by atoms with Crippen molar-refractivity contribution in [1.82, 2.24) is 0 Å². The van der Waals surface area contributed by atoms with Crippen LogP contribution >= 0.6 is 22.6 Å². The average Bonchev–Trinajstić information content (AvgIpc) is 2.29. The molecule has 0 heterocycles. The standard InChI is InChI=1S/C10H8INO5S/c1-2-17-10(14)8-4-3-7(11)5-9(8)18(15,16)12-6-13/h3-5H,2H2,1H3. The van der Waals surface area contributed by atoms with Gasteiger partial charge >= 0.3 is 5.97 Å². The van der Waals surface area contributed by atoms with Gasteiger partial charge in [-0.1, -0.05) is 4.40 Å². The van der Waals surface area contributed by atoms with Crippen LogP contribution in [0.1, 0.15) is 17.3 Å². The Labute approximate surface area is 117 Å². The number of isocyanates is 1. The Bertz CT molecular complexity index is 619. The number of halogens is 1. The highest BCUT2D eigenvalue weighted by Crippen LogP contribution is 2.21. The van der Waals surface area contributed by atoms with Crippen LogP contribution in [0.4, 0.5) is 0 Å². The summed E-state index contributed by atoms with van der Waals surface area (Å²) < 4.78 is 31.4. The Kier molecular flexibility index (Phi) is 5.00. The lowest BCUT2D eigenvalue weighted by Crippen LogP contribution is -2.11. The molecule has 18 heavy (non-hydrogen) atoms. The van der Waals surface area contributed by atoms with E-state index in [9.17, 15) is 18.0 Å². The third-order valence-electron chi connectivity index (χ3n) is 1.87. The molecule has 0 fully saturated rings. The molecule has 0 saturated heterocycles. The first-order valence-corrected chi connectivity index (χ1v) is 7.25. The van der Waals surface area contributed by atoms with Crippen molar-refractivity contribution >= 4 is 44.7 Å². The van der Waals surface area contributed by atoms with Crippen molar-refractivity contribution in [3.63, 3.8) is 0 Å². The third kappa shape index (κ3) is 3.37. The minimum absolute atomic E-state index is 0.112. The fourth-order valence-corrected chi connectivity index (χ4v) is 2.79. The normalized spacial score (nSPS) is 10.6. The van der Waals surface area contributed by atoms with Crippen molar-refractivity contribution in [2.24, 2.45) is 4.40 Å². The Morgan fingerprint density at radius 3 is 2.72 bits per heavy atom. The van der Waals surface area contributed by atoms with Crippen molar-refractivity contribution in [3.05, 3.63) is 27.3 Å². The zero-order chi connectivity index (χ0) is 13.8. The molecule has 0 aliphatic carbocycles. The van der Waals surface area contributed by atoms with Crippen LogP contribution in [0, 0.1) is 3.57 Å². The van der Waals surface area contributed by atoms with Gasteiger partial charge in [-0.2, -0.15) is 8.42 Å². The Balaban J connectivity index is 3.46. The number of ether oxygens (including phenoxy) is 1. The number of nitrogens with zero attached hydrogens (tertiary/aromatic N) is 1. The van der Waals surface area contributed by atoms with Gasteiger partial charge < -0.3 is 4.74 Å². The summed E-state index contributed by atoms with van der Waals surface area (Å²) in [5.74, 6) is -0.784. The van der Waals surface area contributed by atoms with E-state index in [1.54, 1.807) is 13.0 Å². The molecule has 0 radical (unpaired) electrons. The quantitative estimate of drug-likeness (QED) is 0.341. The lowest BCUT2D eigenvalue weighted by molar-refractivity contribution is 0.0522. The Hall–Kier alpha value is -1.25. The number of carbonyl (C=O) groups excluding carboxylic acids is 2. The highest BCUT2D eigenvalue weighted by atomic mass is 127. The van der Waals surface area contributed by atoms with Crippen molar-refractivity contribution in [3.8, 4) is 0 Å². The van der Waals surface area contributed by atoms with Crippen LogP contribution in [-0.2, 0) is 19.6 Å². The van der Waals surface area contributed by atoms with Crippen LogP contribution < -0.4 is 0 Å². The fraction of sp³-hybridized carbons (Fsp3) is 0.200. The first-order chi connectivity index (χ1) is 8.42. The molecule has 6 nitrogen and oxygen atoms in total. The maximum atomic E-state index is 11.7. The number of esters is 1. The van der Waals surface area contributed by atoms with Crippen molar-refractivity contribution in [2.75, 3.05) is 6.61 Å². The minimum Gasteiger partial charge on any atom is -0.462 e. The number of sulfonamides is 1. The summed E-state index contributed by atoms with van der Waals surface area (Å²) in [6.07, 6.45) is 0.957. The molecule has 0 bridgehead atoms. The van der Waals surface area contributed by atoms with Gasteiger partial charge in [0.05, 0.1) is 12.2 Å². The Morgan fingerprint density at radius 1 is 1.50 bits per heavy atom. The molecule has 0 unspecified atom stereocenters. The number of carbonyl (C=O) groups is 1. The van der Waals surface area contributed by atoms with Gasteiger partial charge in [0.1, 0.15) is 4.90 Å².